The molecule has 9 heteroatoms. The van der Waals surface area contributed by atoms with E-state index >= 15 is 0 Å². The summed E-state index contributed by atoms with van der Waals surface area (Å²) in [7, 11) is -2.22. The minimum atomic E-state index is -3.83. The molecule has 6 nitrogen and oxygen atoms in total. The van der Waals surface area contributed by atoms with Gasteiger partial charge < -0.3 is 4.57 Å². The first kappa shape index (κ1) is 14.3. The van der Waals surface area contributed by atoms with Gasteiger partial charge >= 0.3 is 0 Å². The van der Waals surface area contributed by atoms with Crippen LogP contribution in [0.1, 0.15) is 5.69 Å². The normalized spacial score (nSPS) is 11.6. The molecule has 19 heavy (non-hydrogen) atoms. The van der Waals surface area contributed by atoms with Crippen LogP contribution in [0.3, 0.4) is 0 Å². The molecule has 0 aliphatic carbocycles. The Morgan fingerprint density at radius 2 is 2.11 bits per heavy atom. The zero-order valence-electron chi connectivity index (χ0n) is 10.1. The lowest BCUT2D eigenvalue weighted by Crippen LogP contribution is -2.15. The maximum absolute atomic E-state index is 12.2. The minimum Gasteiger partial charge on any atom is -0.324 e. The van der Waals surface area contributed by atoms with Gasteiger partial charge in [-0.05, 0) is 35.0 Å². The Hall–Kier alpha value is -1.12. The van der Waals surface area contributed by atoms with Crippen LogP contribution in [0.25, 0.3) is 0 Å². The molecule has 0 saturated carbocycles. The standard InChI is InChI=1S/C10H10BrClN4O2S/c1-6-7(3-4-8(11)14-6)15-19(17,18)10-9(12)16(2)5-13-10/h3-5,15H,1-2H3. The molecular weight excluding hydrogens is 356 g/mol. The fourth-order valence-electron chi connectivity index (χ4n) is 1.41. The van der Waals surface area contributed by atoms with Gasteiger partial charge in [0.25, 0.3) is 10.0 Å². The zero-order valence-corrected chi connectivity index (χ0v) is 13.2. The van der Waals surface area contributed by atoms with Crippen molar-refractivity contribution in [1.82, 2.24) is 14.5 Å². The number of aryl methyl sites for hydroxylation is 2. The smallest absolute Gasteiger partial charge is 0.282 e. The number of nitrogens with zero attached hydrogens (tertiary/aromatic N) is 3. The van der Waals surface area contributed by atoms with Crippen LogP contribution < -0.4 is 4.72 Å². The third kappa shape index (κ3) is 2.90. The summed E-state index contributed by atoms with van der Waals surface area (Å²) in [6.07, 6.45) is 1.34. The van der Waals surface area contributed by atoms with Gasteiger partial charge in [0.15, 0.2) is 0 Å². The van der Waals surface area contributed by atoms with E-state index in [1.807, 2.05) is 0 Å². The second-order valence-corrected chi connectivity index (χ2v) is 6.59. The summed E-state index contributed by atoms with van der Waals surface area (Å²) >= 11 is 9.09. The van der Waals surface area contributed by atoms with Gasteiger partial charge in [0.05, 0.1) is 17.7 Å². The number of aromatic nitrogens is 3. The predicted molar refractivity (Wildman–Crippen MR) is 75.7 cm³/mol. The lowest BCUT2D eigenvalue weighted by molar-refractivity contribution is 0.598. The average molecular weight is 366 g/mol. The van der Waals surface area contributed by atoms with Crippen LogP contribution in [-0.4, -0.2) is 23.0 Å². The van der Waals surface area contributed by atoms with Gasteiger partial charge in [-0.3, -0.25) is 4.72 Å². The summed E-state index contributed by atoms with van der Waals surface area (Å²) in [4.78, 5) is 7.89. The molecule has 0 bridgehead atoms. The van der Waals surface area contributed by atoms with Crippen LogP contribution in [0.4, 0.5) is 5.69 Å². The van der Waals surface area contributed by atoms with E-state index in [4.69, 9.17) is 11.6 Å². The van der Waals surface area contributed by atoms with E-state index in [0.29, 0.717) is 16.0 Å². The van der Waals surface area contributed by atoms with Gasteiger partial charge in [0, 0.05) is 7.05 Å². The monoisotopic (exact) mass is 364 g/mol. The van der Waals surface area contributed by atoms with Crippen molar-refractivity contribution in [2.75, 3.05) is 4.72 Å². The lowest BCUT2D eigenvalue weighted by atomic mass is 10.3. The molecule has 2 aromatic rings. The molecule has 0 radical (unpaired) electrons. The Balaban J connectivity index is 2.39. The van der Waals surface area contributed by atoms with E-state index in [2.05, 4.69) is 30.6 Å². The van der Waals surface area contributed by atoms with Crippen molar-refractivity contribution >= 4 is 43.2 Å². The number of imidazole rings is 1. The Morgan fingerprint density at radius 1 is 1.42 bits per heavy atom. The summed E-state index contributed by atoms with van der Waals surface area (Å²) in [5.41, 5.74) is 0.926. The Kier molecular flexibility index (Phi) is 3.84. The molecule has 0 aromatic carbocycles. The zero-order chi connectivity index (χ0) is 14.2. The van der Waals surface area contributed by atoms with E-state index in [1.165, 1.54) is 10.9 Å². The SMILES string of the molecule is Cc1nc(Br)ccc1NS(=O)(=O)c1ncn(C)c1Cl. The number of hydrogen-bond donors (Lipinski definition) is 1. The van der Waals surface area contributed by atoms with Crippen molar-refractivity contribution in [1.29, 1.82) is 0 Å². The fourth-order valence-corrected chi connectivity index (χ4v) is 3.35. The van der Waals surface area contributed by atoms with Crippen molar-refractivity contribution in [3.8, 4) is 0 Å². The highest BCUT2D eigenvalue weighted by Gasteiger charge is 2.23. The fraction of sp³-hybridized carbons (Fsp3) is 0.200. The molecule has 0 spiro atoms. The van der Waals surface area contributed by atoms with E-state index in [1.54, 1.807) is 26.1 Å². The number of rotatable bonds is 3. The predicted octanol–water partition coefficient (Wildman–Crippen LogP) is 2.34. The summed E-state index contributed by atoms with van der Waals surface area (Å²) in [5.74, 6) is 0. The summed E-state index contributed by atoms with van der Waals surface area (Å²) in [6.45, 7) is 1.70. The molecule has 0 unspecified atom stereocenters. The molecule has 0 fully saturated rings. The molecule has 0 saturated heterocycles. The van der Waals surface area contributed by atoms with E-state index in [-0.39, 0.29) is 10.2 Å². The average Bonchev–Trinajstić information content (AvgIpc) is 2.64. The third-order valence-electron chi connectivity index (χ3n) is 2.39. The molecule has 2 aromatic heterocycles. The van der Waals surface area contributed by atoms with Crippen LogP contribution in [0.15, 0.2) is 28.1 Å². The number of halogens is 2. The minimum absolute atomic E-state index is 0.0511. The molecule has 1 N–H and O–H groups in total. The van der Waals surface area contributed by atoms with Gasteiger partial charge in [0.2, 0.25) is 5.03 Å². The second kappa shape index (κ2) is 5.10. The van der Waals surface area contributed by atoms with E-state index in [9.17, 15) is 8.42 Å². The quantitative estimate of drug-likeness (QED) is 0.847. The second-order valence-electron chi connectivity index (χ2n) is 3.82. The summed E-state index contributed by atoms with van der Waals surface area (Å²) in [5, 5.41) is -0.158. The largest absolute Gasteiger partial charge is 0.324 e. The highest BCUT2D eigenvalue weighted by molar-refractivity contribution is 9.10. The molecule has 102 valence electrons. The number of anilines is 1. The first-order chi connectivity index (χ1) is 8.81. The van der Waals surface area contributed by atoms with Gasteiger partial charge in [-0.2, -0.15) is 8.42 Å². The number of hydrogen-bond acceptors (Lipinski definition) is 4. The number of pyridine rings is 1. The molecule has 0 aliphatic rings. The Morgan fingerprint density at radius 3 is 2.63 bits per heavy atom. The molecule has 0 atom stereocenters. The molecule has 0 amide bonds. The van der Waals surface area contributed by atoms with Gasteiger partial charge in [-0.25, -0.2) is 9.97 Å². The molecule has 2 rings (SSSR count). The maximum Gasteiger partial charge on any atom is 0.282 e. The summed E-state index contributed by atoms with van der Waals surface area (Å²) in [6, 6.07) is 3.26. The van der Waals surface area contributed by atoms with Crippen molar-refractivity contribution < 1.29 is 8.42 Å². The van der Waals surface area contributed by atoms with Crippen LogP contribution in [0, 0.1) is 6.92 Å². The van der Waals surface area contributed by atoms with Crippen LogP contribution in [0.2, 0.25) is 5.15 Å². The van der Waals surface area contributed by atoms with Gasteiger partial charge in [0.1, 0.15) is 9.76 Å². The summed E-state index contributed by atoms with van der Waals surface area (Å²) < 4.78 is 28.8. The van der Waals surface area contributed by atoms with Crippen molar-refractivity contribution in [3.63, 3.8) is 0 Å². The Bertz CT molecular complexity index is 729. The third-order valence-corrected chi connectivity index (χ3v) is 4.68. The first-order valence-corrected chi connectivity index (χ1v) is 7.79. The highest BCUT2D eigenvalue weighted by Crippen LogP contribution is 2.23. The molecule has 0 aliphatic heterocycles. The van der Waals surface area contributed by atoms with Gasteiger partial charge in [-0.1, -0.05) is 11.6 Å². The topological polar surface area (TPSA) is 76.9 Å². The highest BCUT2D eigenvalue weighted by atomic mass is 79.9. The van der Waals surface area contributed by atoms with E-state index < -0.39 is 10.0 Å². The van der Waals surface area contributed by atoms with Crippen LogP contribution >= 0.6 is 27.5 Å². The van der Waals surface area contributed by atoms with Crippen LogP contribution in [0.5, 0.6) is 0 Å². The van der Waals surface area contributed by atoms with E-state index in [0.717, 1.165) is 0 Å². The number of nitrogens with one attached hydrogen (secondary N) is 1. The van der Waals surface area contributed by atoms with Crippen molar-refractivity contribution in [2.24, 2.45) is 7.05 Å². The molecule has 2 heterocycles. The maximum atomic E-state index is 12.2. The molecular formula is C10H10BrClN4O2S. The van der Waals surface area contributed by atoms with Crippen molar-refractivity contribution in [3.05, 3.63) is 33.9 Å². The lowest BCUT2D eigenvalue weighted by Gasteiger charge is -2.08. The first-order valence-electron chi connectivity index (χ1n) is 5.14. The Labute approximate surface area is 124 Å². The van der Waals surface area contributed by atoms with Crippen LogP contribution in [-0.2, 0) is 17.1 Å². The van der Waals surface area contributed by atoms with Crippen molar-refractivity contribution in [2.45, 2.75) is 11.9 Å². The van der Waals surface area contributed by atoms with Gasteiger partial charge in [-0.15, -0.1) is 0 Å². The number of sulfonamides is 1.